The number of hydrogen-bond acceptors (Lipinski definition) is 3. The van der Waals surface area contributed by atoms with Gasteiger partial charge >= 0.3 is 0 Å². The standard InChI is InChI=1S/C15H24N2O.ClH/c1-2-18-12-14-7-4-3-6-13(14)10-17-15-8-5-9-16-11-15;/h3-4,6-7,15-17H,2,5,8-12H2,1H3;1H. The molecule has 0 radical (unpaired) electrons. The fourth-order valence-electron chi connectivity index (χ4n) is 2.36. The van der Waals surface area contributed by atoms with Crippen LogP contribution in [0.5, 0.6) is 0 Å². The fraction of sp³-hybridized carbons (Fsp3) is 0.600. The normalized spacial score (nSPS) is 18.9. The summed E-state index contributed by atoms with van der Waals surface area (Å²) in [4.78, 5) is 0. The summed E-state index contributed by atoms with van der Waals surface area (Å²) in [6.45, 7) is 6.72. The maximum Gasteiger partial charge on any atom is 0.0719 e. The molecule has 0 spiro atoms. The zero-order valence-electron chi connectivity index (χ0n) is 11.7. The van der Waals surface area contributed by atoms with Gasteiger partial charge in [0, 0.05) is 25.7 Å². The molecule has 1 aliphatic heterocycles. The molecule has 0 bridgehead atoms. The fourth-order valence-corrected chi connectivity index (χ4v) is 2.36. The van der Waals surface area contributed by atoms with Crippen LogP contribution in [0.25, 0.3) is 0 Å². The quantitative estimate of drug-likeness (QED) is 0.842. The lowest BCUT2D eigenvalue weighted by atomic mass is 10.1. The number of piperidine rings is 1. The van der Waals surface area contributed by atoms with E-state index < -0.39 is 0 Å². The van der Waals surface area contributed by atoms with Crippen molar-refractivity contribution in [2.45, 2.75) is 39.0 Å². The number of ether oxygens (including phenoxy) is 1. The summed E-state index contributed by atoms with van der Waals surface area (Å²) in [5.74, 6) is 0. The van der Waals surface area contributed by atoms with E-state index in [9.17, 15) is 0 Å². The van der Waals surface area contributed by atoms with Crippen molar-refractivity contribution < 1.29 is 4.74 Å². The van der Waals surface area contributed by atoms with Crippen LogP contribution in [0.4, 0.5) is 0 Å². The molecule has 1 unspecified atom stereocenters. The zero-order chi connectivity index (χ0) is 12.6. The van der Waals surface area contributed by atoms with Crippen molar-refractivity contribution in [2.75, 3.05) is 19.7 Å². The SMILES string of the molecule is CCOCc1ccccc1CNC1CCCNC1.Cl. The molecule has 0 amide bonds. The molecule has 1 saturated heterocycles. The van der Waals surface area contributed by atoms with E-state index in [4.69, 9.17) is 4.74 Å². The molecule has 0 aliphatic carbocycles. The first-order chi connectivity index (χ1) is 8.90. The van der Waals surface area contributed by atoms with Crippen LogP contribution in [0, 0.1) is 0 Å². The van der Waals surface area contributed by atoms with E-state index in [-0.39, 0.29) is 12.4 Å². The third-order valence-electron chi connectivity index (χ3n) is 3.46. The van der Waals surface area contributed by atoms with E-state index in [0.717, 1.165) is 26.3 Å². The van der Waals surface area contributed by atoms with Gasteiger partial charge in [0.05, 0.1) is 6.61 Å². The molecule has 0 saturated carbocycles. The van der Waals surface area contributed by atoms with Gasteiger partial charge in [0.1, 0.15) is 0 Å². The molecule has 2 N–H and O–H groups in total. The van der Waals surface area contributed by atoms with Crippen molar-refractivity contribution in [3.05, 3.63) is 35.4 Å². The molecular formula is C15H25ClN2O. The van der Waals surface area contributed by atoms with Crippen LogP contribution in [0.1, 0.15) is 30.9 Å². The third-order valence-corrected chi connectivity index (χ3v) is 3.46. The van der Waals surface area contributed by atoms with Crippen LogP contribution in [0.2, 0.25) is 0 Å². The lowest BCUT2D eigenvalue weighted by molar-refractivity contribution is 0.133. The summed E-state index contributed by atoms with van der Waals surface area (Å²) in [5.41, 5.74) is 2.66. The Kier molecular flexibility index (Phi) is 8.07. The second-order valence-electron chi connectivity index (χ2n) is 4.83. The van der Waals surface area contributed by atoms with Gasteiger partial charge in [0.25, 0.3) is 0 Å². The highest BCUT2D eigenvalue weighted by molar-refractivity contribution is 5.85. The van der Waals surface area contributed by atoms with Crippen molar-refractivity contribution in [1.82, 2.24) is 10.6 Å². The minimum atomic E-state index is 0. The summed E-state index contributed by atoms with van der Waals surface area (Å²) >= 11 is 0. The Morgan fingerprint density at radius 3 is 2.79 bits per heavy atom. The van der Waals surface area contributed by atoms with E-state index in [1.54, 1.807) is 0 Å². The number of hydrogen-bond donors (Lipinski definition) is 2. The maximum atomic E-state index is 5.51. The molecule has 1 heterocycles. The van der Waals surface area contributed by atoms with Gasteiger partial charge in [-0.15, -0.1) is 12.4 Å². The van der Waals surface area contributed by atoms with E-state index in [0.29, 0.717) is 6.04 Å². The van der Waals surface area contributed by atoms with Gasteiger partial charge in [-0.2, -0.15) is 0 Å². The van der Waals surface area contributed by atoms with Crippen molar-refractivity contribution in [3.63, 3.8) is 0 Å². The van der Waals surface area contributed by atoms with Gasteiger partial charge in [-0.3, -0.25) is 0 Å². The minimum absolute atomic E-state index is 0. The average Bonchev–Trinajstić information content (AvgIpc) is 2.45. The molecule has 1 fully saturated rings. The molecule has 1 atom stereocenters. The van der Waals surface area contributed by atoms with Crippen LogP contribution in [0.15, 0.2) is 24.3 Å². The summed E-state index contributed by atoms with van der Waals surface area (Å²) in [7, 11) is 0. The van der Waals surface area contributed by atoms with Crippen LogP contribution < -0.4 is 10.6 Å². The van der Waals surface area contributed by atoms with Gasteiger partial charge in [0.15, 0.2) is 0 Å². The Morgan fingerprint density at radius 2 is 2.11 bits per heavy atom. The van der Waals surface area contributed by atoms with Crippen LogP contribution in [-0.2, 0) is 17.9 Å². The van der Waals surface area contributed by atoms with Gasteiger partial charge in [-0.25, -0.2) is 0 Å². The van der Waals surface area contributed by atoms with Gasteiger partial charge in [-0.05, 0) is 37.4 Å². The molecule has 1 aliphatic rings. The van der Waals surface area contributed by atoms with Gasteiger partial charge < -0.3 is 15.4 Å². The highest BCUT2D eigenvalue weighted by Crippen LogP contribution is 2.11. The molecule has 2 rings (SSSR count). The van der Waals surface area contributed by atoms with Crippen LogP contribution in [-0.4, -0.2) is 25.7 Å². The molecule has 108 valence electrons. The third kappa shape index (κ3) is 5.49. The minimum Gasteiger partial charge on any atom is -0.377 e. The molecule has 1 aromatic rings. The Hall–Kier alpha value is -0.610. The monoisotopic (exact) mass is 284 g/mol. The topological polar surface area (TPSA) is 33.3 Å². The van der Waals surface area contributed by atoms with E-state index in [1.165, 1.54) is 30.5 Å². The zero-order valence-corrected chi connectivity index (χ0v) is 12.5. The van der Waals surface area contributed by atoms with Gasteiger partial charge in [-0.1, -0.05) is 24.3 Å². The van der Waals surface area contributed by atoms with Gasteiger partial charge in [0.2, 0.25) is 0 Å². The lowest BCUT2D eigenvalue weighted by Gasteiger charge is -2.24. The van der Waals surface area contributed by atoms with E-state index >= 15 is 0 Å². The van der Waals surface area contributed by atoms with E-state index in [1.807, 2.05) is 6.92 Å². The molecular weight excluding hydrogens is 260 g/mol. The average molecular weight is 285 g/mol. The molecule has 1 aromatic carbocycles. The Morgan fingerprint density at radius 1 is 1.32 bits per heavy atom. The summed E-state index contributed by atoms with van der Waals surface area (Å²) < 4.78 is 5.51. The second-order valence-corrected chi connectivity index (χ2v) is 4.83. The van der Waals surface area contributed by atoms with Crippen molar-refractivity contribution in [1.29, 1.82) is 0 Å². The number of rotatable bonds is 6. The number of benzene rings is 1. The molecule has 3 nitrogen and oxygen atoms in total. The van der Waals surface area contributed by atoms with Crippen LogP contribution in [0.3, 0.4) is 0 Å². The number of nitrogens with one attached hydrogen (secondary N) is 2. The molecule has 4 heteroatoms. The second kappa shape index (κ2) is 9.32. The first-order valence-electron chi connectivity index (χ1n) is 6.98. The molecule has 19 heavy (non-hydrogen) atoms. The molecule has 0 aromatic heterocycles. The summed E-state index contributed by atoms with van der Waals surface area (Å²) in [6, 6.07) is 9.15. The highest BCUT2D eigenvalue weighted by atomic mass is 35.5. The summed E-state index contributed by atoms with van der Waals surface area (Å²) in [6.07, 6.45) is 2.55. The predicted molar refractivity (Wildman–Crippen MR) is 81.8 cm³/mol. The first-order valence-corrected chi connectivity index (χ1v) is 6.98. The first kappa shape index (κ1) is 16.4. The maximum absolute atomic E-state index is 5.51. The Balaban J connectivity index is 0.00000180. The Labute approximate surface area is 122 Å². The van der Waals surface area contributed by atoms with Crippen molar-refractivity contribution >= 4 is 12.4 Å². The summed E-state index contributed by atoms with van der Waals surface area (Å²) in [5, 5.41) is 7.07. The lowest BCUT2D eigenvalue weighted by Crippen LogP contribution is -2.42. The van der Waals surface area contributed by atoms with Crippen molar-refractivity contribution in [2.24, 2.45) is 0 Å². The highest BCUT2D eigenvalue weighted by Gasteiger charge is 2.12. The largest absolute Gasteiger partial charge is 0.377 e. The predicted octanol–water partition coefficient (Wildman–Crippen LogP) is 2.49. The Bertz CT molecular complexity index is 354. The van der Waals surface area contributed by atoms with Crippen molar-refractivity contribution in [3.8, 4) is 0 Å². The number of halogens is 1. The smallest absolute Gasteiger partial charge is 0.0719 e. The van der Waals surface area contributed by atoms with E-state index in [2.05, 4.69) is 34.9 Å². The van der Waals surface area contributed by atoms with Crippen LogP contribution >= 0.6 is 12.4 Å².